The predicted molar refractivity (Wildman–Crippen MR) is 72.7 cm³/mol. The molecule has 0 heterocycles. The third kappa shape index (κ3) is 1.80. The van der Waals surface area contributed by atoms with Gasteiger partial charge >= 0.3 is 0 Å². The topological polar surface area (TPSA) is 52.6 Å². The third-order valence-corrected chi connectivity index (χ3v) is 4.63. The number of rotatable bonds is 2. The van der Waals surface area contributed by atoms with E-state index in [1.54, 1.807) is 0 Å². The first kappa shape index (κ1) is 13.3. The number of methoxy groups -OCH3 is 2. The molecule has 94 valence electrons. The number of ketones is 2. The maximum absolute atomic E-state index is 11.9. The van der Waals surface area contributed by atoms with Gasteiger partial charge in [0, 0.05) is 0 Å². The molecule has 4 nitrogen and oxygen atoms in total. The molecule has 0 saturated heterocycles. The lowest BCUT2D eigenvalue weighted by atomic mass is 9.93. The van der Waals surface area contributed by atoms with Crippen LogP contribution in [0.1, 0.15) is 20.7 Å². The van der Waals surface area contributed by atoms with E-state index in [-0.39, 0.29) is 22.7 Å². The summed E-state index contributed by atoms with van der Waals surface area (Å²) in [7, 11) is 2.88. The van der Waals surface area contributed by atoms with Gasteiger partial charge in [0.25, 0.3) is 0 Å². The van der Waals surface area contributed by atoms with E-state index in [0.29, 0.717) is 20.4 Å². The number of carbonyl (C=O) groups is 2. The summed E-state index contributed by atoms with van der Waals surface area (Å²) in [6.07, 6.45) is 2.46. The van der Waals surface area contributed by atoms with Crippen LogP contribution >= 0.6 is 31.9 Å². The summed E-state index contributed by atoms with van der Waals surface area (Å²) in [5.74, 6) is 0.0710. The average molecular weight is 376 g/mol. The standard InChI is InChI=1S/C12H8Br2O4/c1-17-11-7-5(15)3-4-6(16)8(7)12(18-2)10(14)9(11)13/h3-4H,1-2H3. The first-order chi connectivity index (χ1) is 8.52. The van der Waals surface area contributed by atoms with Crippen molar-refractivity contribution in [2.75, 3.05) is 14.2 Å². The zero-order chi connectivity index (χ0) is 13.4. The molecule has 6 heteroatoms. The van der Waals surface area contributed by atoms with E-state index < -0.39 is 0 Å². The lowest BCUT2D eigenvalue weighted by Crippen LogP contribution is -2.15. The van der Waals surface area contributed by atoms with E-state index in [0.717, 1.165) is 0 Å². The van der Waals surface area contributed by atoms with Crippen LogP contribution in [0.2, 0.25) is 0 Å². The third-order valence-electron chi connectivity index (χ3n) is 2.58. The van der Waals surface area contributed by atoms with Crippen molar-refractivity contribution >= 4 is 43.4 Å². The Labute approximate surface area is 120 Å². The zero-order valence-electron chi connectivity index (χ0n) is 9.54. The average Bonchev–Trinajstić information content (AvgIpc) is 2.36. The number of benzene rings is 1. The van der Waals surface area contributed by atoms with Crippen LogP contribution in [0.4, 0.5) is 0 Å². The van der Waals surface area contributed by atoms with E-state index >= 15 is 0 Å². The fourth-order valence-corrected chi connectivity index (χ4v) is 2.90. The van der Waals surface area contributed by atoms with Crippen LogP contribution in [0, 0.1) is 0 Å². The molecular weight excluding hydrogens is 368 g/mol. The monoisotopic (exact) mass is 374 g/mol. The Morgan fingerprint density at radius 2 is 1.17 bits per heavy atom. The highest BCUT2D eigenvalue weighted by atomic mass is 79.9. The summed E-state index contributed by atoms with van der Waals surface area (Å²) in [4.78, 5) is 23.9. The van der Waals surface area contributed by atoms with Gasteiger partial charge in [-0.25, -0.2) is 0 Å². The van der Waals surface area contributed by atoms with Crippen LogP contribution in [0.15, 0.2) is 21.1 Å². The van der Waals surface area contributed by atoms with E-state index in [1.165, 1.54) is 26.4 Å². The molecule has 0 N–H and O–H groups in total. The molecule has 1 aromatic rings. The van der Waals surface area contributed by atoms with Crippen LogP contribution in [-0.4, -0.2) is 25.8 Å². The molecule has 0 unspecified atom stereocenters. The summed E-state index contributed by atoms with van der Waals surface area (Å²) in [6.45, 7) is 0. The summed E-state index contributed by atoms with van der Waals surface area (Å²) in [5, 5.41) is 0. The second-order valence-electron chi connectivity index (χ2n) is 3.51. The van der Waals surface area contributed by atoms with Crippen molar-refractivity contribution < 1.29 is 19.1 Å². The molecule has 0 bridgehead atoms. The van der Waals surface area contributed by atoms with Gasteiger partial charge in [0.15, 0.2) is 11.6 Å². The van der Waals surface area contributed by atoms with Crippen molar-refractivity contribution in [3.8, 4) is 11.5 Å². The largest absolute Gasteiger partial charge is 0.495 e. The Morgan fingerprint density at radius 3 is 1.44 bits per heavy atom. The Hall–Kier alpha value is -1.14. The number of hydrogen-bond acceptors (Lipinski definition) is 4. The maximum atomic E-state index is 11.9. The molecule has 0 saturated carbocycles. The van der Waals surface area contributed by atoms with Gasteiger partial charge in [0.2, 0.25) is 0 Å². The van der Waals surface area contributed by atoms with E-state index in [1.807, 2.05) is 0 Å². The minimum Gasteiger partial charge on any atom is -0.495 e. The van der Waals surface area contributed by atoms with Crippen molar-refractivity contribution in [1.29, 1.82) is 0 Å². The summed E-state index contributed by atoms with van der Waals surface area (Å²) >= 11 is 6.64. The predicted octanol–water partition coefficient (Wildman–Crippen LogP) is 3.16. The van der Waals surface area contributed by atoms with Crippen molar-refractivity contribution in [2.45, 2.75) is 0 Å². The van der Waals surface area contributed by atoms with E-state index in [2.05, 4.69) is 31.9 Å². The number of fused-ring (bicyclic) bond motifs is 1. The molecular formula is C12H8Br2O4. The Kier molecular flexibility index (Phi) is 3.59. The number of carbonyl (C=O) groups excluding carboxylic acids is 2. The van der Waals surface area contributed by atoms with Gasteiger partial charge in [0.05, 0.1) is 34.3 Å². The SMILES string of the molecule is COc1c(Br)c(Br)c(OC)c2c1C(=O)C=CC2=O. The molecule has 0 radical (unpaired) electrons. The molecule has 0 amide bonds. The van der Waals surface area contributed by atoms with Crippen LogP contribution in [0.3, 0.4) is 0 Å². The van der Waals surface area contributed by atoms with Gasteiger partial charge in [-0.05, 0) is 44.0 Å². The van der Waals surface area contributed by atoms with Crippen molar-refractivity contribution in [3.63, 3.8) is 0 Å². The minimum atomic E-state index is -0.284. The summed E-state index contributed by atoms with van der Waals surface area (Å²) < 4.78 is 11.5. The van der Waals surface area contributed by atoms with Gasteiger partial charge in [-0.2, -0.15) is 0 Å². The van der Waals surface area contributed by atoms with Gasteiger partial charge in [0.1, 0.15) is 11.5 Å². The van der Waals surface area contributed by atoms with Crippen LogP contribution in [0.25, 0.3) is 0 Å². The normalized spacial score (nSPS) is 13.6. The van der Waals surface area contributed by atoms with Crippen molar-refractivity contribution in [3.05, 3.63) is 32.2 Å². The van der Waals surface area contributed by atoms with Crippen molar-refractivity contribution in [2.24, 2.45) is 0 Å². The molecule has 0 aromatic heterocycles. The van der Waals surface area contributed by atoms with Crippen LogP contribution in [-0.2, 0) is 0 Å². The van der Waals surface area contributed by atoms with Gasteiger partial charge in [-0.1, -0.05) is 0 Å². The smallest absolute Gasteiger partial charge is 0.190 e. The second kappa shape index (κ2) is 4.85. The number of hydrogen-bond donors (Lipinski definition) is 0. The maximum Gasteiger partial charge on any atom is 0.190 e. The molecule has 2 rings (SSSR count). The minimum absolute atomic E-state index is 0.219. The van der Waals surface area contributed by atoms with Gasteiger partial charge in [-0.3, -0.25) is 9.59 Å². The fraction of sp³-hybridized carbons (Fsp3) is 0.167. The zero-order valence-corrected chi connectivity index (χ0v) is 12.7. The molecule has 0 atom stereocenters. The first-order valence-corrected chi connectivity index (χ1v) is 6.51. The lowest BCUT2D eigenvalue weighted by molar-refractivity contribution is 0.0988. The highest BCUT2D eigenvalue weighted by Gasteiger charge is 2.31. The highest BCUT2D eigenvalue weighted by molar-refractivity contribution is 9.13. The molecule has 18 heavy (non-hydrogen) atoms. The molecule has 1 aromatic carbocycles. The van der Waals surface area contributed by atoms with Gasteiger partial charge in [-0.15, -0.1) is 0 Å². The Balaban J connectivity index is 2.93. The van der Waals surface area contributed by atoms with E-state index in [9.17, 15) is 9.59 Å². The highest BCUT2D eigenvalue weighted by Crippen LogP contribution is 2.46. The molecule has 0 spiro atoms. The molecule has 0 fully saturated rings. The van der Waals surface area contributed by atoms with Crippen molar-refractivity contribution in [1.82, 2.24) is 0 Å². The van der Waals surface area contributed by atoms with Gasteiger partial charge < -0.3 is 9.47 Å². The van der Waals surface area contributed by atoms with Crippen LogP contribution in [0.5, 0.6) is 11.5 Å². The molecule has 1 aliphatic carbocycles. The second-order valence-corrected chi connectivity index (χ2v) is 5.09. The first-order valence-electron chi connectivity index (χ1n) is 4.92. The van der Waals surface area contributed by atoms with E-state index in [4.69, 9.17) is 9.47 Å². The van der Waals surface area contributed by atoms with Crippen LogP contribution < -0.4 is 9.47 Å². The number of ether oxygens (including phenoxy) is 2. The Bertz CT molecular complexity index is 539. The molecule has 0 aliphatic heterocycles. The number of allylic oxidation sites excluding steroid dienone is 2. The molecule has 1 aliphatic rings. The fourth-order valence-electron chi connectivity index (χ4n) is 1.82. The summed E-state index contributed by atoms with van der Waals surface area (Å²) in [6, 6.07) is 0. The quantitative estimate of drug-likeness (QED) is 0.796. The lowest BCUT2D eigenvalue weighted by Gasteiger charge is -2.19. The summed E-state index contributed by atoms with van der Waals surface area (Å²) in [5.41, 5.74) is 0.439. The Morgan fingerprint density at radius 1 is 0.833 bits per heavy atom. The number of halogens is 2.